The van der Waals surface area contributed by atoms with Crippen molar-refractivity contribution >= 4 is 0 Å². The van der Waals surface area contributed by atoms with Gasteiger partial charge in [-0.3, -0.25) is 0 Å². The topological polar surface area (TPSA) is 21.3 Å². The minimum atomic E-state index is 0.331. The van der Waals surface area contributed by atoms with Crippen LogP contribution in [0.4, 0.5) is 0 Å². The van der Waals surface area contributed by atoms with E-state index in [0.717, 1.165) is 25.2 Å². The van der Waals surface area contributed by atoms with Gasteiger partial charge in [0.05, 0.1) is 6.61 Å². The number of ether oxygens (including phenoxy) is 1. The summed E-state index contributed by atoms with van der Waals surface area (Å²) < 4.78 is 5.78. The normalized spacial score (nSPS) is 14.4. The van der Waals surface area contributed by atoms with Gasteiger partial charge in [-0.05, 0) is 32.8 Å². The molecule has 0 spiro atoms. The summed E-state index contributed by atoms with van der Waals surface area (Å²) in [5.41, 5.74) is 1.25. The van der Waals surface area contributed by atoms with Crippen LogP contribution < -0.4 is 10.1 Å². The van der Waals surface area contributed by atoms with E-state index in [0.29, 0.717) is 12.1 Å². The molecule has 0 amide bonds. The fraction of sp³-hybridized carbons (Fsp3) is 0.600. The fourth-order valence-electron chi connectivity index (χ4n) is 1.82. The first-order valence-corrected chi connectivity index (χ1v) is 6.66. The predicted molar refractivity (Wildman–Crippen MR) is 73.5 cm³/mol. The number of benzene rings is 1. The third-order valence-electron chi connectivity index (χ3n) is 2.99. The van der Waals surface area contributed by atoms with Crippen LogP contribution in [0, 0.1) is 0 Å². The largest absolute Gasteiger partial charge is 0.493 e. The van der Waals surface area contributed by atoms with Gasteiger partial charge in [0, 0.05) is 17.6 Å². The molecule has 2 atom stereocenters. The summed E-state index contributed by atoms with van der Waals surface area (Å²) in [6, 6.07) is 9.17. The van der Waals surface area contributed by atoms with Crippen molar-refractivity contribution < 1.29 is 4.74 Å². The molecule has 2 heteroatoms. The third-order valence-corrected chi connectivity index (χ3v) is 2.99. The lowest BCUT2D eigenvalue weighted by Gasteiger charge is -2.21. The molecule has 0 aliphatic carbocycles. The number of hydrogen-bond acceptors (Lipinski definition) is 2. The summed E-state index contributed by atoms with van der Waals surface area (Å²) in [4.78, 5) is 0. The van der Waals surface area contributed by atoms with Crippen molar-refractivity contribution in [1.29, 1.82) is 0 Å². The van der Waals surface area contributed by atoms with Crippen molar-refractivity contribution in [3.05, 3.63) is 29.8 Å². The molecule has 0 heterocycles. The highest BCUT2D eigenvalue weighted by Crippen LogP contribution is 2.25. The molecule has 0 saturated heterocycles. The molecule has 0 bridgehead atoms. The first kappa shape index (κ1) is 14.0. The van der Waals surface area contributed by atoms with Crippen LogP contribution in [0.1, 0.15) is 52.1 Å². The van der Waals surface area contributed by atoms with Crippen molar-refractivity contribution in [1.82, 2.24) is 5.32 Å². The van der Waals surface area contributed by atoms with Gasteiger partial charge in [-0.15, -0.1) is 0 Å². The zero-order valence-corrected chi connectivity index (χ0v) is 11.5. The van der Waals surface area contributed by atoms with Gasteiger partial charge in [0.25, 0.3) is 0 Å². The molecule has 0 aliphatic heterocycles. The van der Waals surface area contributed by atoms with Crippen molar-refractivity contribution in [2.24, 2.45) is 0 Å². The van der Waals surface area contributed by atoms with Crippen LogP contribution in [0.3, 0.4) is 0 Å². The highest BCUT2D eigenvalue weighted by molar-refractivity contribution is 5.35. The Morgan fingerprint density at radius 3 is 2.53 bits per heavy atom. The molecule has 1 aromatic carbocycles. The van der Waals surface area contributed by atoms with Crippen LogP contribution in [0.5, 0.6) is 5.75 Å². The van der Waals surface area contributed by atoms with E-state index in [9.17, 15) is 0 Å². The highest BCUT2D eigenvalue weighted by Gasteiger charge is 2.12. The van der Waals surface area contributed by atoms with E-state index in [4.69, 9.17) is 4.74 Å². The molecule has 0 aromatic heterocycles. The fourth-order valence-corrected chi connectivity index (χ4v) is 1.82. The summed E-state index contributed by atoms with van der Waals surface area (Å²) >= 11 is 0. The molecule has 1 rings (SSSR count). The molecule has 0 radical (unpaired) electrons. The average Bonchev–Trinajstić information content (AvgIpc) is 2.36. The van der Waals surface area contributed by atoms with Gasteiger partial charge in [-0.1, -0.05) is 32.0 Å². The zero-order valence-electron chi connectivity index (χ0n) is 11.5. The Bertz CT molecular complexity index is 324. The minimum absolute atomic E-state index is 0.331. The first-order chi connectivity index (χ1) is 8.19. The number of para-hydroxylation sites is 1. The lowest BCUT2D eigenvalue weighted by molar-refractivity contribution is 0.309. The molecule has 2 nitrogen and oxygen atoms in total. The molecule has 96 valence electrons. The maximum Gasteiger partial charge on any atom is 0.124 e. The summed E-state index contributed by atoms with van der Waals surface area (Å²) in [6.07, 6.45) is 2.18. The van der Waals surface area contributed by atoms with Gasteiger partial charge in [-0.2, -0.15) is 0 Å². The van der Waals surface area contributed by atoms with E-state index in [1.165, 1.54) is 5.56 Å². The smallest absolute Gasteiger partial charge is 0.124 e. The van der Waals surface area contributed by atoms with Crippen molar-refractivity contribution in [2.45, 2.75) is 52.6 Å². The summed E-state index contributed by atoms with van der Waals surface area (Å²) in [5, 5.41) is 3.58. The van der Waals surface area contributed by atoms with E-state index >= 15 is 0 Å². The molecule has 0 aliphatic rings. The van der Waals surface area contributed by atoms with Crippen LogP contribution in [0.15, 0.2) is 24.3 Å². The molecule has 0 unspecified atom stereocenters. The Kier molecular flexibility index (Phi) is 6.06. The SMILES string of the molecule is CCCOc1ccccc1[C@@H](C)N[C@@H](C)CC. The van der Waals surface area contributed by atoms with Crippen molar-refractivity contribution in [2.75, 3.05) is 6.61 Å². The Morgan fingerprint density at radius 1 is 1.18 bits per heavy atom. The number of nitrogens with one attached hydrogen (secondary N) is 1. The van der Waals surface area contributed by atoms with Crippen molar-refractivity contribution in [3.8, 4) is 5.75 Å². The van der Waals surface area contributed by atoms with Crippen LogP contribution in [-0.4, -0.2) is 12.6 Å². The Labute approximate surface area is 105 Å². The monoisotopic (exact) mass is 235 g/mol. The molecule has 17 heavy (non-hydrogen) atoms. The summed E-state index contributed by atoms with van der Waals surface area (Å²) in [5.74, 6) is 1.01. The molecular formula is C15H25NO. The highest BCUT2D eigenvalue weighted by atomic mass is 16.5. The predicted octanol–water partition coefficient (Wildman–Crippen LogP) is 3.92. The molecule has 0 fully saturated rings. The standard InChI is InChI=1S/C15H25NO/c1-5-11-17-15-10-8-7-9-14(15)13(4)16-12(3)6-2/h7-10,12-13,16H,5-6,11H2,1-4H3/t12-,13+/m0/s1. The Morgan fingerprint density at radius 2 is 1.88 bits per heavy atom. The van der Waals surface area contributed by atoms with Crippen LogP contribution in [0.25, 0.3) is 0 Å². The molecular weight excluding hydrogens is 210 g/mol. The van der Waals surface area contributed by atoms with Crippen LogP contribution >= 0.6 is 0 Å². The van der Waals surface area contributed by atoms with Gasteiger partial charge in [-0.25, -0.2) is 0 Å². The van der Waals surface area contributed by atoms with E-state index in [2.05, 4.69) is 51.2 Å². The zero-order chi connectivity index (χ0) is 12.7. The minimum Gasteiger partial charge on any atom is -0.493 e. The lowest BCUT2D eigenvalue weighted by atomic mass is 10.1. The van der Waals surface area contributed by atoms with Gasteiger partial charge in [0.1, 0.15) is 5.75 Å². The lowest BCUT2D eigenvalue weighted by Crippen LogP contribution is -2.28. The quantitative estimate of drug-likeness (QED) is 0.773. The maximum absolute atomic E-state index is 5.78. The van der Waals surface area contributed by atoms with Crippen LogP contribution in [-0.2, 0) is 0 Å². The Balaban J connectivity index is 2.73. The van der Waals surface area contributed by atoms with Gasteiger partial charge in [0.2, 0.25) is 0 Å². The third kappa shape index (κ3) is 4.39. The average molecular weight is 235 g/mol. The first-order valence-electron chi connectivity index (χ1n) is 6.66. The molecule has 1 N–H and O–H groups in total. The second-order valence-corrected chi connectivity index (χ2v) is 4.58. The number of hydrogen-bond donors (Lipinski definition) is 1. The maximum atomic E-state index is 5.78. The van der Waals surface area contributed by atoms with Crippen molar-refractivity contribution in [3.63, 3.8) is 0 Å². The number of rotatable bonds is 7. The van der Waals surface area contributed by atoms with Gasteiger partial charge >= 0.3 is 0 Å². The summed E-state index contributed by atoms with van der Waals surface area (Å²) in [6.45, 7) is 9.52. The molecule has 1 aromatic rings. The summed E-state index contributed by atoms with van der Waals surface area (Å²) in [7, 11) is 0. The van der Waals surface area contributed by atoms with Gasteiger partial charge < -0.3 is 10.1 Å². The van der Waals surface area contributed by atoms with E-state index in [1.807, 2.05) is 6.07 Å². The van der Waals surface area contributed by atoms with Gasteiger partial charge in [0.15, 0.2) is 0 Å². The van der Waals surface area contributed by atoms with E-state index < -0.39 is 0 Å². The van der Waals surface area contributed by atoms with Crippen LogP contribution in [0.2, 0.25) is 0 Å². The van der Waals surface area contributed by atoms with E-state index in [-0.39, 0.29) is 0 Å². The van der Waals surface area contributed by atoms with E-state index in [1.54, 1.807) is 0 Å². The molecule has 0 saturated carbocycles. The second-order valence-electron chi connectivity index (χ2n) is 4.58. The Hall–Kier alpha value is -1.02. The second kappa shape index (κ2) is 7.33.